The maximum Gasteiger partial charge on any atom is 0.331 e. The van der Waals surface area contributed by atoms with E-state index in [1.54, 1.807) is 19.9 Å². The summed E-state index contributed by atoms with van der Waals surface area (Å²) in [5, 5.41) is 16.0. The second-order valence-corrected chi connectivity index (χ2v) is 6.68. The largest absolute Gasteiger partial charge is 0.479 e. The minimum absolute atomic E-state index is 0.256. The third-order valence-electron chi connectivity index (χ3n) is 4.49. The van der Waals surface area contributed by atoms with Crippen LogP contribution in [0.15, 0.2) is 36.7 Å². The molecule has 0 saturated carbocycles. The number of amides is 1. The number of aromatic nitrogens is 2. The number of rotatable bonds is 5. The summed E-state index contributed by atoms with van der Waals surface area (Å²) in [6, 6.07) is 7.49. The molecule has 1 aromatic heterocycles. The molecule has 1 aromatic carbocycles. The van der Waals surface area contributed by atoms with Crippen LogP contribution in [-0.4, -0.2) is 40.0 Å². The number of nitrogens with zero attached hydrogens (tertiary/aromatic N) is 2. The van der Waals surface area contributed by atoms with Gasteiger partial charge in [-0.25, -0.2) is 4.79 Å². The minimum Gasteiger partial charge on any atom is -0.479 e. The van der Waals surface area contributed by atoms with E-state index < -0.39 is 11.5 Å². The van der Waals surface area contributed by atoms with Crippen LogP contribution in [0.3, 0.4) is 0 Å². The maximum absolute atomic E-state index is 12.5. The highest BCUT2D eigenvalue weighted by Crippen LogP contribution is 2.26. The number of carbonyl (C=O) groups is 2. The summed E-state index contributed by atoms with van der Waals surface area (Å²) in [7, 11) is 0. The zero-order chi connectivity index (χ0) is 18.0. The zero-order valence-electron chi connectivity index (χ0n) is 14.2. The van der Waals surface area contributed by atoms with Crippen LogP contribution in [0, 0.1) is 0 Å². The molecule has 3 rings (SSSR count). The lowest BCUT2D eigenvalue weighted by Crippen LogP contribution is -2.35. The molecule has 1 saturated heterocycles. The summed E-state index contributed by atoms with van der Waals surface area (Å²) >= 11 is 0. The monoisotopic (exact) mass is 343 g/mol. The van der Waals surface area contributed by atoms with E-state index in [0.29, 0.717) is 23.8 Å². The molecular weight excluding hydrogens is 322 g/mol. The molecule has 132 valence electrons. The number of hydrogen-bond donors (Lipinski definition) is 2. The molecule has 1 atom stereocenters. The van der Waals surface area contributed by atoms with Crippen LogP contribution in [-0.2, 0) is 15.1 Å². The van der Waals surface area contributed by atoms with Gasteiger partial charge in [0.05, 0.1) is 18.5 Å². The van der Waals surface area contributed by atoms with Crippen molar-refractivity contribution in [2.75, 3.05) is 18.5 Å². The van der Waals surface area contributed by atoms with Crippen LogP contribution >= 0.6 is 0 Å². The number of nitrogens with one attached hydrogen (secondary N) is 1. The molecule has 0 radical (unpaired) electrons. The van der Waals surface area contributed by atoms with E-state index in [1.165, 1.54) is 17.1 Å². The van der Waals surface area contributed by atoms with E-state index in [1.807, 2.05) is 18.2 Å². The van der Waals surface area contributed by atoms with Crippen molar-refractivity contribution in [3.8, 4) is 0 Å². The number of ether oxygens (including phenoxy) is 1. The first-order chi connectivity index (χ1) is 11.9. The third-order valence-corrected chi connectivity index (χ3v) is 4.49. The molecule has 7 heteroatoms. The maximum atomic E-state index is 12.5. The highest BCUT2D eigenvalue weighted by Gasteiger charge is 2.30. The molecule has 1 fully saturated rings. The van der Waals surface area contributed by atoms with E-state index in [0.717, 1.165) is 18.6 Å². The van der Waals surface area contributed by atoms with E-state index in [2.05, 4.69) is 10.4 Å². The summed E-state index contributed by atoms with van der Waals surface area (Å²) in [4.78, 5) is 23.8. The fourth-order valence-electron chi connectivity index (χ4n) is 2.73. The number of aliphatic carboxylic acids is 1. The molecule has 2 aromatic rings. The molecule has 0 unspecified atom stereocenters. The highest BCUT2D eigenvalue weighted by atomic mass is 16.5. The van der Waals surface area contributed by atoms with E-state index in [9.17, 15) is 14.7 Å². The normalized spacial score (nSPS) is 17.4. The molecule has 0 bridgehead atoms. The minimum atomic E-state index is -1.19. The number of hydrogen-bond acceptors (Lipinski definition) is 4. The Morgan fingerprint density at radius 2 is 2.20 bits per heavy atom. The molecule has 25 heavy (non-hydrogen) atoms. The summed E-state index contributed by atoms with van der Waals surface area (Å²) in [6.45, 7) is 4.52. The SMILES string of the molecule is CC(C)(C(=O)O)n1cc(NC(=O)c2cccc([C@@H]3CCOC3)c2)cn1. The fourth-order valence-corrected chi connectivity index (χ4v) is 2.73. The van der Waals surface area contributed by atoms with Crippen molar-refractivity contribution in [3.63, 3.8) is 0 Å². The lowest BCUT2D eigenvalue weighted by atomic mass is 9.96. The van der Waals surface area contributed by atoms with Crippen LogP contribution in [0.2, 0.25) is 0 Å². The summed E-state index contributed by atoms with van der Waals surface area (Å²) in [6.07, 6.45) is 3.92. The van der Waals surface area contributed by atoms with Crippen LogP contribution in [0.25, 0.3) is 0 Å². The molecule has 2 N–H and O–H groups in total. The number of benzene rings is 1. The van der Waals surface area contributed by atoms with Gasteiger partial charge in [-0.2, -0.15) is 5.10 Å². The first-order valence-electron chi connectivity index (χ1n) is 8.15. The van der Waals surface area contributed by atoms with Gasteiger partial charge >= 0.3 is 5.97 Å². The number of carbonyl (C=O) groups excluding carboxylic acids is 1. The first kappa shape index (κ1) is 17.2. The van der Waals surface area contributed by atoms with Crippen molar-refractivity contribution in [3.05, 3.63) is 47.8 Å². The van der Waals surface area contributed by atoms with Gasteiger partial charge in [-0.15, -0.1) is 0 Å². The third kappa shape index (κ3) is 3.56. The highest BCUT2D eigenvalue weighted by molar-refractivity contribution is 6.04. The molecule has 0 spiro atoms. The standard InChI is InChI=1S/C18H21N3O4/c1-18(2,17(23)24)21-10-15(9-19-21)20-16(22)13-5-3-4-12(8-13)14-6-7-25-11-14/h3-5,8-10,14H,6-7,11H2,1-2H3,(H,20,22)(H,23,24)/t14-/m1/s1. The second-order valence-electron chi connectivity index (χ2n) is 6.68. The molecule has 1 amide bonds. The Morgan fingerprint density at radius 1 is 1.40 bits per heavy atom. The molecule has 1 aliphatic rings. The molecule has 0 aliphatic carbocycles. The van der Waals surface area contributed by atoms with Gasteiger partial charge in [0.15, 0.2) is 5.54 Å². The van der Waals surface area contributed by atoms with Crippen LogP contribution in [0.1, 0.15) is 42.1 Å². The van der Waals surface area contributed by atoms with Crippen molar-refractivity contribution in [1.29, 1.82) is 0 Å². The first-order valence-corrected chi connectivity index (χ1v) is 8.15. The predicted octanol–water partition coefficient (Wildman–Crippen LogP) is 2.46. The van der Waals surface area contributed by atoms with Gasteiger partial charge in [0.25, 0.3) is 5.91 Å². The van der Waals surface area contributed by atoms with Gasteiger partial charge in [0.2, 0.25) is 0 Å². The van der Waals surface area contributed by atoms with Gasteiger partial charge < -0.3 is 15.2 Å². The van der Waals surface area contributed by atoms with E-state index in [-0.39, 0.29) is 5.91 Å². The predicted molar refractivity (Wildman–Crippen MR) is 91.8 cm³/mol. The lowest BCUT2D eigenvalue weighted by molar-refractivity contribution is -0.146. The lowest BCUT2D eigenvalue weighted by Gasteiger charge is -2.19. The van der Waals surface area contributed by atoms with E-state index >= 15 is 0 Å². The van der Waals surface area contributed by atoms with Crippen LogP contribution in [0.4, 0.5) is 5.69 Å². The van der Waals surface area contributed by atoms with Crippen molar-refractivity contribution >= 4 is 17.6 Å². The Kier molecular flexibility index (Phi) is 4.59. The van der Waals surface area contributed by atoms with Gasteiger partial charge in [0, 0.05) is 24.3 Å². The quantitative estimate of drug-likeness (QED) is 0.870. The van der Waals surface area contributed by atoms with Gasteiger partial charge in [0.1, 0.15) is 0 Å². The van der Waals surface area contributed by atoms with Crippen LogP contribution < -0.4 is 5.32 Å². The average molecular weight is 343 g/mol. The zero-order valence-corrected chi connectivity index (χ0v) is 14.2. The Balaban J connectivity index is 1.74. The van der Waals surface area contributed by atoms with E-state index in [4.69, 9.17) is 4.74 Å². The molecule has 1 aliphatic heterocycles. The van der Waals surface area contributed by atoms with Crippen molar-refractivity contribution in [1.82, 2.24) is 9.78 Å². The summed E-state index contributed by atoms with van der Waals surface area (Å²) in [5.74, 6) is -0.930. The molecule has 2 heterocycles. The van der Waals surface area contributed by atoms with Crippen LogP contribution in [0.5, 0.6) is 0 Å². The molecular formula is C18H21N3O4. The van der Waals surface area contributed by atoms with Gasteiger partial charge in [-0.1, -0.05) is 12.1 Å². The molecule has 7 nitrogen and oxygen atoms in total. The summed E-state index contributed by atoms with van der Waals surface area (Å²) in [5.41, 5.74) is 0.905. The fraction of sp³-hybridized carbons (Fsp3) is 0.389. The van der Waals surface area contributed by atoms with Gasteiger partial charge in [-0.3, -0.25) is 9.48 Å². The Labute approximate surface area is 145 Å². The van der Waals surface area contributed by atoms with Crippen molar-refractivity contribution in [2.24, 2.45) is 0 Å². The van der Waals surface area contributed by atoms with Gasteiger partial charge in [-0.05, 0) is 38.0 Å². The van der Waals surface area contributed by atoms with Crippen molar-refractivity contribution in [2.45, 2.75) is 31.7 Å². The number of carboxylic acids is 1. The number of anilines is 1. The topological polar surface area (TPSA) is 93.5 Å². The Morgan fingerprint density at radius 3 is 2.88 bits per heavy atom. The number of carboxylic acid groups (broad SMARTS) is 1. The summed E-state index contributed by atoms with van der Waals surface area (Å²) < 4.78 is 6.72. The second kappa shape index (κ2) is 6.68. The Hall–Kier alpha value is -2.67. The smallest absolute Gasteiger partial charge is 0.331 e. The average Bonchev–Trinajstić information content (AvgIpc) is 3.27. The van der Waals surface area contributed by atoms with Crippen molar-refractivity contribution < 1.29 is 19.4 Å². The Bertz CT molecular complexity index is 791.